The zero-order chi connectivity index (χ0) is 16.0. The van der Waals surface area contributed by atoms with E-state index in [1.165, 1.54) is 0 Å². The zero-order valence-electron chi connectivity index (χ0n) is 12.5. The van der Waals surface area contributed by atoms with Gasteiger partial charge in [0.15, 0.2) is 5.56 Å². The molecule has 0 bridgehead atoms. The van der Waals surface area contributed by atoms with Crippen molar-refractivity contribution in [1.82, 2.24) is 4.98 Å². The number of aromatic nitrogens is 1. The fourth-order valence-electron chi connectivity index (χ4n) is 1.63. The van der Waals surface area contributed by atoms with Crippen LogP contribution in [0.4, 0.5) is 8.78 Å². The van der Waals surface area contributed by atoms with Crippen LogP contribution in [0.3, 0.4) is 0 Å². The van der Waals surface area contributed by atoms with Crippen molar-refractivity contribution in [3.8, 4) is 11.6 Å². The summed E-state index contributed by atoms with van der Waals surface area (Å²) in [6.45, 7) is 6.21. The molecule has 0 fully saturated rings. The first-order valence-electron chi connectivity index (χ1n) is 6.71. The summed E-state index contributed by atoms with van der Waals surface area (Å²) < 4.78 is 42.3. The van der Waals surface area contributed by atoms with Gasteiger partial charge in [-0.05, 0) is 20.8 Å². The van der Waals surface area contributed by atoms with E-state index in [0.717, 1.165) is 6.07 Å². The molecule has 0 saturated carbocycles. The number of rotatable bonds is 7. The molecule has 21 heavy (non-hydrogen) atoms. The van der Waals surface area contributed by atoms with Crippen molar-refractivity contribution < 1.29 is 27.8 Å². The number of alkyl halides is 2. The third kappa shape index (κ3) is 4.27. The molecule has 0 aliphatic heterocycles. The molecule has 0 saturated heterocycles. The Bertz CT molecular complexity index is 473. The number of hydrogen-bond acceptors (Lipinski definition) is 5. The first kappa shape index (κ1) is 17.1. The van der Waals surface area contributed by atoms with Gasteiger partial charge in [0.2, 0.25) is 5.88 Å². The molecule has 0 aromatic carbocycles. The van der Waals surface area contributed by atoms with Gasteiger partial charge in [0.1, 0.15) is 11.4 Å². The minimum atomic E-state index is -3.18. The zero-order valence-corrected chi connectivity index (χ0v) is 12.5. The summed E-state index contributed by atoms with van der Waals surface area (Å²) in [5, 5.41) is 0. The molecule has 118 valence electrons. The molecule has 0 spiro atoms. The van der Waals surface area contributed by atoms with E-state index < -0.39 is 17.6 Å². The van der Waals surface area contributed by atoms with Gasteiger partial charge in [0.05, 0.1) is 19.8 Å². The van der Waals surface area contributed by atoms with E-state index >= 15 is 0 Å². The van der Waals surface area contributed by atoms with Gasteiger partial charge >= 0.3 is 5.97 Å². The van der Waals surface area contributed by atoms with E-state index in [-0.39, 0.29) is 37.0 Å². The van der Waals surface area contributed by atoms with Gasteiger partial charge in [-0.1, -0.05) is 0 Å². The lowest BCUT2D eigenvalue weighted by Crippen LogP contribution is -2.17. The molecular formula is C14H19F2NO4. The lowest BCUT2D eigenvalue weighted by atomic mass is 10.1. The number of carbonyl (C=O) groups is 1. The maximum Gasteiger partial charge on any atom is 0.347 e. The summed E-state index contributed by atoms with van der Waals surface area (Å²) in [5.41, 5.74) is -0.601. The highest BCUT2D eigenvalue weighted by Crippen LogP contribution is 2.35. The van der Waals surface area contributed by atoms with Gasteiger partial charge in [0.25, 0.3) is 5.92 Å². The van der Waals surface area contributed by atoms with Crippen molar-refractivity contribution >= 4 is 5.97 Å². The Kier molecular flexibility index (Phi) is 5.87. The monoisotopic (exact) mass is 303 g/mol. The second kappa shape index (κ2) is 7.19. The summed E-state index contributed by atoms with van der Waals surface area (Å²) >= 11 is 0. The third-order valence-electron chi connectivity index (χ3n) is 2.46. The van der Waals surface area contributed by atoms with Crippen LogP contribution in [0, 0.1) is 0 Å². The molecule has 0 amide bonds. The van der Waals surface area contributed by atoms with E-state index in [4.69, 9.17) is 14.2 Å². The van der Waals surface area contributed by atoms with Crippen molar-refractivity contribution in [1.29, 1.82) is 0 Å². The quantitative estimate of drug-likeness (QED) is 0.724. The lowest BCUT2D eigenvalue weighted by molar-refractivity contribution is 0.0115. The summed E-state index contributed by atoms with van der Waals surface area (Å²) in [6, 6.07) is 1.04. The maximum absolute atomic E-state index is 13.5. The molecule has 1 heterocycles. The van der Waals surface area contributed by atoms with Gasteiger partial charge in [0, 0.05) is 13.0 Å². The van der Waals surface area contributed by atoms with Crippen LogP contribution in [-0.4, -0.2) is 30.8 Å². The molecule has 0 radical (unpaired) electrons. The number of ether oxygens (including phenoxy) is 3. The number of carbonyl (C=O) groups excluding carboxylic acids is 1. The third-order valence-corrected chi connectivity index (χ3v) is 2.46. The van der Waals surface area contributed by atoms with Crippen LogP contribution in [0.1, 0.15) is 43.7 Å². The van der Waals surface area contributed by atoms with Crippen LogP contribution < -0.4 is 9.47 Å². The first-order valence-corrected chi connectivity index (χ1v) is 6.71. The fraction of sp³-hybridized carbons (Fsp3) is 0.571. The Morgan fingerprint density at radius 3 is 2.29 bits per heavy atom. The molecule has 0 aliphatic rings. The van der Waals surface area contributed by atoms with Crippen LogP contribution in [0.15, 0.2) is 6.07 Å². The van der Waals surface area contributed by atoms with Crippen molar-refractivity contribution in [3.05, 3.63) is 17.3 Å². The molecule has 1 aromatic heterocycles. The van der Waals surface area contributed by atoms with E-state index in [2.05, 4.69) is 4.98 Å². The van der Waals surface area contributed by atoms with Crippen molar-refractivity contribution in [2.45, 2.75) is 33.6 Å². The largest absolute Gasteiger partial charge is 0.493 e. The summed E-state index contributed by atoms with van der Waals surface area (Å²) in [4.78, 5) is 15.7. The predicted octanol–water partition coefficient (Wildman–Crippen LogP) is 3.17. The Balaban J connectivity index is 3.46. The van der Waals surface area contributed by atoms with Gasteiger partial charge in [-0.2, -0.15) is 8.78 Å². The predicted molar refractivity (Wildman–Crippen MR) is 72.1 cm³/mol. The smallest absolute Gasteiger partial charge is 0.347 e. The highest BCUT2D eigenvalue weighted by atomic mass is 19.3. The van der Waals surface area contributed by atoms with E-state index in [9.17, 15) is 13.6 Å². The van der Waals surface area contributed by atoms with Crippen LogP contribution >= 0.6 is 0 Å². The summed E-state index contributed by atoms with van der Waals surface area (Å²) in [6.07, 6.45) is 0. The second-order valence-corrected chi connectivity index (χ2v) is 4.16. The molecule has 0 unspecified atom stereocenters. The summed E-state index contributed by atoms with van der Waals surface area (Å²) in [7, 11) is 0. The minimum absolute atomic E-state index is 0.0223. The average molecular weight is 303 g/mol. The molecule has 1 aromatic rings. The highest BCUT2D eigenvalue weighted by Gasteiger charge is 2.32. The lowest BCUT2D eigenvalue weighted by Gasteiger charge is -2.17. The Labute approximate surface area is 122 Å². The molecule has 0 aliphatic carbocycles. The van der Waals surface area contributed by atoms with Crippen molar-refractivity contribution in [3.63, 3.8) is 0 Å². The molecule has 0 atom stereocenters. The van der Waals surface area contributed by atoms with Gasteiger partial charge in [-0.3, -0.25) is 0 Å². The Morgan fingerprint density at radius 1 is 1.19 bits per heavy atom. The Hall–Kier alpha value is -1.92. The molecule has 7 heteroatoms. The number of hydrogen-bond donors (Lipinski definition) is 0. The van der Waals surface area contributed by atoms with E-state index in [1.54, 1.807) is 20.8 Å². The number of esters is 1. The molecule has 1 rings (SSSR count). The van der Waals surface area contributed by atoms with Gasteiger partial charge in [-0.15, -0.1) is 0 Å². The minimum Gasteiger partial charge on any atom is -0.493 e. The van der Waals surface area contributed by atoms with Crippen molar-refractivity contribution in [2.24, 2.45) is 0 Å². The van der Waals surface area contributed by atoms with Gasteiger partial charge in [-0.25, -0.2) is 9.78 Å². The Morgan fingerprint density at radius 2 is 1.81 bits per heavy atom. The topological polar surface area (TPSA) is 57.7 Å². The van der Waals surface area contributed by atoms with Crippen LogP contribution in [0.25, 0.3) is 0 Å². The molecular weight excluding hydrogens is 284 g/mol. The average Bonchev–Trinajstić information content (AvgIpc) is 2.38. The molecule has 0 N–H and O–H groups in total. The normalized spacial score (nSPS) is 11.1. The summed E-state index contributed by atoms with van der Waals surface area (Å²) in [5.74, 6) is -4.13. The first-order chi connectivity index (χ1) is 9.85. The van der Waals surface area contributed by atoms with Crippen molar-refractivity contribution in [2.75, 3.05) is 19.8 Å². The van der Waals surface area contributed by atoms with Crippen LogP contribution in [0.5, 0.6) is 11.6 Å². The second-order valence-electron chi connectivity index (χ2n) is 4.16. The van der Waals surface area contributed by atoms with Gasteiger partial charge < -0.3 is 14.2 Å². The van der Waals surface area contributed by atoms with E-state index in [0.29, 0.717) is 6.92 Å². The molecule has 5 nitrogen and oxygen atoms in total. The fourth-order valence-corrected chi connectivity index (χ4v) is 1.63. The number of pyridine rings is 1. The van der Waals surface area contributed by atoms with E-state index in [1.807, 2.05) is 0 Å². The highest BCUT2D eigenvalue weighted by molar-refractivity contribution is 5.95. The SMILES string of the molecule is CCOC(=O)c1c(OCC)cc(C(C)(F)F)nc1OCC. The standard InChI is InChI=1S/C14H19F2NO4/c1-5-19-9-8-10(14(4,15)16)17-12(20-6-2)11(9)13(18)21-7-3/h8H,5-7H2,1-4H3. The number of halogens is 2. The maximum atomic E-state index is 13.5. The van der Waals surface area contributed by atoms with Crippen LogP contribution in [0.2, 0.25) is 0 Å². The van der Waals surface area contributed by atoms with Crippen LogP contribution in [-0.2, 0) is 10.7 Å². The number of nitrogens with zero attached hydrogens (tertiary/aromatic N) is 1.